The number of ether oxygens (including phenoxy) is 1. The third kappa shape index (κ3) is 4.53. The van der Waals surface area contributed by atoms with Gasteiger partial charge in [-0.3, -0.25) is 4.79 Å². The minimum absolute atomic E-state index is 0.205. The van der Waals surface area contributed by atoms with Crippen LogP contribution >= 0.6 is 0 Å². The first-order valence-corrected chi connectivity index (χ1v) is 7.49. The summed E-state index contributed by atoms with van der Waals surface area (Å²) in [6, 6.07) is 9.90. The number of benzene rings is 1. The molecular formula is C16H24N2O2. The zero-order chi connectivity index (χ0) is 14.2. The van der Waals surface area contributed by atoms with Crippen LogP contribution in [0.3, 0.4) is 0 Å². The van der Waals surface area contributed by atoms with Crippen molar-refractivity contribution in [2.45, 2.75) is 32.3 Å². The average molecular weight is 276 g/mol. The number of likely N-dealkylation sites (tertiary alicyclic amines) is 1. The second-order valence-electron chi connectivity index (χ2n) is 5.19. The third-order valence-electron chi connectivity index (χ3n) is 3.54. The molecule has 110 valence electrons. The second kappa shape index (κ2) is 7.90. The summed E-state index contributed by atoms with van der Waals surface area (Å²) in [5.41, 5.74) is 0. The maximum Gasteiger partial charge on any atom is 0.236 e. The van der Waals surface area contributed by atoms with Crippen molar-refractivity contribution in [2.75, 3.05) is 26.2 Å². The van der Waals surface area contributed by atoms with Crippen LogP contribution < -0.4 is 10.1 Å². The fourth-order valence-corrected chi connectivity index (χ4v) is 2.40. The molecule has 1 saturated heterocycles. The Balaban J connectivity index is 1.71. The lowest BCUT2D eigenvalue weighted by Gasteiger charge is -2.32. The summed E-state index contributed by atoms with van der Waals surface area (Å²) in [5, 5.41) is 3.16. The first-order valence-electron chi connectivity index (χ1n) is 7.49. The van der Waals surface area contributed by atoms with Crippen molar-refractivity contribution in [1.82, 2.24) is 10.2 Å². The molecule has 4 heteroatoms. The highest BCUT2D eigenvalue weighted by Crippen LogP contribution is 2.18. The van der Waals surface area contributed by atoms with Gasteiger partial charge >= 0.3 is 0 Å². The summed E-state index contributed by atoms with van der Waals surface area (Å²) in [5.74, 6) is 1.12. The van der Waals surface area contributed by atoms with Crippen molar-refractivity contribution in [3.63, 3.8) is 0 Å². The number of nitrogens with zero attached hydrogens (tertiary/aromatic N) is 1. The van der Waals surface area contributed by atoms with Crippen LogP contribution in [0.4, 0.5) is 0 Å². The van der Waals surface area contributed by atoms with Gasteiger partial charge in [0, 0.05) is 25.9 Å². The Morgan fingerprint density at radius 2 is 2.00 bits per heavy atom. The lowest BCUT2D eigenvalue weighted by Crippen LogP contribution is -2.45. The van der Waals surface area contributed by atoms with Gasteiger partial charge in [0.1, 0.15) is 11.9 Å². The molecule has 1 fully saturated rings. The van der Waals surface area contributed by atoms with Gasteiger partial charge < -0.3 is 15.0 Å². The number of amides is 1. The van der Waals surface area contributed by atoms with Gasteiger partial charge in [-0.05, 0) is 25.1 Å². The molecule has 0 aliphatic carbocycles. The number of piperidine rings is 1. The van der Waals surface area contributed by atoms with Crippen molar-refractivity contribution in [3.8, 4) is 5.75 Å². The zero-order valence-corrected chi connectivity index (χ0v) is 12.2. The molecule has 1 aromatic rings. The van der Waals surface area contributed by atoms with Gasteiger partial charge in [0.05, 0.1) is 6.54 Å². The molecule has 1 amide bonds. The Morgan fingerprint density at radius 3 is 2.65 bits per heavy atom. The van der Waals surface area contributed by atoms with Gasteiger partial charge in [-0.15, -0.1) is 0 Å². The fourth-order valence-electron chi connectivity index (χ4n) is 2.40. The van der Waals surface area contributed by atoms with E-state index in [1.807, 2.05) is 35.2 Å². The Bertz CT molecular complexity index is 400. The maximum atomic E-state index is 12.0. The number of hydrogen-bond donors (Lipinski definition) is 1. The average Bonchev–Trinajstić information content (AvgIpc) is 2.49. The Morgan fingerprint density at radius 1 is 1.30 bits per heavy atom. The Kier molecular flexibility index (Phi) is 5.87. The number of carbonyl (C=O) groups excluding carboxylic acids is 1. The van der Waals surface area contributed by atoms with Gasteiger partial charge in [-0.2, -0.15) is 0 Å². The smallest absolute Gasteiger partial charge is 0.236 e. The third-order valence-corrected chi connectivity index (χ3v) is 3.54. The highest BCUT2D eigenvalue weighted by Gasteiger charge is 2.23. The molecule has 1 aromatic carbocycles. The fraction of sp³-hybridized carbons (Fsp3) is 0.562. The van der Waals surface area contributed by atoms with E-state index in [1.54, 1.807) is 0 Å². The van der Waals surface area contributed by atoms with Gasteiger partial charge in [0.15, 0.2) is 0 Å². The molecule has 0 unspecified atom stereocenters. The lowest BCUT2D eigenvalue weighted by molar-refractivity contribution is -0.132. The van der Waals surface area contributed by atoms with E-state index in [9.17, 15) is 4.79 Å². The van der Waals surface area contributed by atoms with Crippen molar-refractivity contribution in [2.24, 2.45) is 0 Å². The number of para-hydroxylation sites is 1. The van der Waals surface area contributed by atoms with Gasteiger partial charge in [0.2, 0.25) is 5.91 Å². The summed E-state index contributed by atoms with van der Waals surface area (Å²) in [7, 11) is 0. The van der Waals surface area contributed by atoms with E-state index in [0.29, 0.717) is 6.54 Å². The standard InChI is InChI=1S/C16H24N2O2/c1-2-10-17-13-16(19)18-11-8-15(9-12-18)20-14-6-4-3-5-7-14/h3-7,15,17H,2,8-13H2,1H3. The Hall–Kier alpha value is -1.55. The molecule has 4 nitrogen and oxygen atoms in total. The molecule has 1 aliphatic heterocycles. The highest BCUT2D eigenvalue weighted by atomic mass is 16.5. The minimum atomic E-state index is 0.205. The molecule has 0 atom stereocenters. The summed E-state index contributed by atoms with van der Waals surface area (Å²) in [6.45, 7) is 5.05. The molecule has 2 rings (SSSR count). The second-order valence-corrected chi connectivity index (χ2v) is 5.19. The SMILES string of the molecule is CCCNCC(=O)N1CCC(Oc2ccccc2)CC1. The maximum absolute atomic E-state index is 12.0. The van der Waals surface area contributed by atoms with Crippen molar-refractivity contribution in [3.05, 3.63) is 30.3 Å². The predicted octanol–water partition coefficient (Wildman–Crippen LogP) is 2.06. The Labute approximate surface area is 121 Å². The first-order chi connectivity index (χ1) is 9.79. The van der Waals surface area contributed by atoms with Crippen LogP contribution in [-0.2, 0) is 4.79 Å². The van der Waals surface area contributed by atoms with Crippen molar-refractivity contribution >= 4 is 5.91 Å². The van der Waals surface area contributed by atoms with E-state index in [1.165, 1.54) is 0 Å². The van der Waals surface area contributed by atoms with Crippen LogP contribution in [0.15, 0.2) is 30.3 Å². The van der Waals surface area contributed by atoms with Gasteiger partial charge in [-0.1, -0.05) is 25.1 Å². The number of nitrogens with one attached hydrogen (secondary N) is 1. The molecule has 1 N–H and O–H groups in total. The van der Waals surface area contributed by atoms with E-state index in [-0.39, 0.29) is 12.0 Å². The van der Waals surface area contributed by atoms with E-state index >= 15 is 0 Å². The lowest BCUT2D eigenvalue weighted by atomic mass is 10.1. The molecule has 0 bridgehead atoms. The first kappa shape index (κ1) is 14.9. The normalized spacial score (nSPS) is 16.1. The molecule has 1 aliphatic rings. The minimum Gasteiger partial charge on any atom is -0.490 e. The van der Waals surface area contributed by atoms with Gasteiger partial charge in [0.25, 0.3) is 0 Å². The van der Waals surface area contributed by atoms with Crippen LogP contribution in [0.25, 0.3) is 0 Å². The van der Waals surface area contributed by atoms with Crippen LogP contribution in [0, 0.1) is 0 Å². The quantitative estimate of drug-likeness (QED) is 0.809. The van der Waals surface area contributed by atoms with Crippen LogP contribution in [0.1, 0.15) is 26.2 Å². The van der Waals surface area contributed by atoms with Crippen molar-refractivity contribution in [1.29, 1.82) is 0 Å². The summed E-state index contributed by atoms with van der Waals surface area (Å²) >= 11 is 0. The van der Waals surface area contributed by atoms with Crippen LogP contribution in [0.5, 0.6) is 5.75 Å². The topological polar surface area (TPSA) is 41.6 Å². The molecular weight excluding hydrogens is 252 g/mol. The molecule has 0 saturated carbocycles. The monoisotopic (exact) mass is 276 g/mol. The van der Waals surface area contributed by atoms with Gasteiger partial charge in [-0.25, -0.2) is 0 Å². The van der Waals surface area contributed by atoms with E-state index in [4.69, 9.17) is 4.74 Å². The van der Waals surface area contributed by atoms with Crippen LogP contribution in [0.2, 0.25) is 0 Å². The van der Waals surface area contributed by atoms with E-state index < -0.39 is 0 Å². The predicted molar refractivity (Wildman–Crippen MR) is 79.8 cm³/mol. The summed E-state index contributed by atoms with van der Waals surface area (Å²) in [6.07, 6.45) is 3.10. The molecule has 0 spiro atoms. The summed E-state index contributed by atoms with van der Waals surface area (Å²) < 4.78 is 5.93. The zero-order valence-electron chi connectivity index (χ0n) is 12.2. The molecule has 0 aromatic heterocycles. The molecule has 1 heterocycles. The van der Waals surface area contributed by atoms with E-state index in [2.05, 4.69) is 12.2 Å². The molecule has 0 radical (unpaired) electrons. The van der Waals surface area contributed by atoms with E-state index in [0.717, 1.165) is 44.6 Å². The number of carbonyl (C=O) groups is 1. The van der Waals surface area contributed by atoms with Crippen molar-refractivity contribution < 1.29 is 9.53 Å². The summed E-state index contributed by atoms with van der Waals surface area (Å²) in [4.78, 5) is 13.9. The largest absolute Gasteiger partial charge is 0.490 e. The number of hydrogen-bond acceptors (Lipinski definition) is 3. The van der Waals surface area contributed by atoms with Crippen LogP contribution in [-0.4, -0.2) is 43.1 Å². The number of rotatable bonds is 6. The highest BCUT2D eigenvalue weighted by molar-refractivity contribution is 5.78. The molecule has 20 heavy (non-hydrogen) atoms.